The van der Waals surface area contributed by atoms with Crippen molar-refractivity contribution in [2.24, 2.45) is 5.73 Å². The number of nitrogens with two attached hydrogens (primary N) is 1. The molecule has 1 atom stereocenters. The number of nitrogens with one attached hydrogen (secondary N) is 1. The Labute approximate surface area is 114 Å². The van der Waals surface area contributed by atoms with E-state index < -0.39 is 23.9 Å². The molecule has 1 aromatic carbocycles. The number of amides is 3. The van der Waals surface area contributed by atoms with Crippen molar-refractivity contribution in [3.63, 3.8) is 0 Å². The minimum Gasteiger partial charge on any atom is -0.478 e. The van der Waals surface area contributed by atoms with Crippen molar-refractivity contribution in [1.29, 1.82) is 0 Å². The highest BCUT2D eigenvalue weighted by Gasteiger charge is 2.19. The lowest BCUT2D eigenvalue weighted by atomic mass is 10.1. The number of benzene rings is 1. The van der Waals surface area contributed by atoms with E-state index in [1.165, 1.54) is 6.07 Å². The van der Waals surface area contributed by atoms with Crippen LogP contribution in [0.15, 0.2) is 30.5 Å². The van der Waals surface area contributed by atoms with Crippen molar-refractivity contribution >= 4 is 28.8 Å². The van der Waals surface area contributed by atoms with Crippen molar-refractivity contribution in [2.45, 2.75) is 13.0 Å². The largest absolute Gasteiger partial charge is 0.478 e. The van der Waals surface area contributed by atoms with Gasteiger partial charge in [-0.3, -0.25) is 10.1 Å². The van der Waals surface area contributed by atoms with Crippen LogP contribution in [0.3, 0.4) is 0 Å². The topological polar surface area (TPSA) is 114 Å². The molecule has 2 aromatic rings. The molecule has 1 aromatic heterocycles. The highest BCUT2D eigenvalue weighted by Crippen LogP contribution is 2.23. The average Bonchev–Trinajstić information content (AvgIpc) is 2.80. The van der Waals surface area contributed by atoms with Gasteiger partial charge in [0.15, 0.2) is 0 Å². The second kappa shape index (κ2) is 5.04. The lowest BCUT2D eigenvalue weighted by molar-refractivity contribution is -0.122. The summed E-state index contributed by atoms with van der Waals surface area (Å²) in [7, 11) is 0. The SMILES string of the molecule is CC(C(=O)NC(N)=O)n1ccc2c(C(=O)O)cccc21. The molecule has 0 fully saturated rings. The zero-order valence-electron chi connectivity index (χ0n) is 10.7. The van der Waals surface area contributed by atoms with E-state index in [2.05, 4.69) is 0 Å². The molecule has 20 heavy (non-hydrogen) atoms. The van der Waals surface area contributed by atoms with Gasteiger partial charge in [-0.15, -0.1) is 0 Å². The Morgan fingerprint density at radius 3 is 2.60 bits per heavy atom. The van der Waals surface area contributed by atoms with E-state index in [1.54, 1.807) is 35.9 Å². The third-order valence-corrected chi connectivity index (χ3v) is 3.04. The second-order valence-electron chi connectivity index (χ2n) is 4.30. The predicted molar refractivity (Wildman–Crippen MR) is 71.3 cm³/mol. The van der Waals surface area contributed by atoms with Gasteiger partial charge in [0, 0.05) is 17.1 Å². The highest BCUT2D eigenvalue weighted by atomic mass is 16.4. The summed E-state index contributed by atoms with van der Waals surface area (Å²) in [6.07, 6.45) is 1.60. The number of carbonyl (C=O) groups excluding carboxylic acids is 2. The monoisotopic (exact) mass is 275 g/mol. The number of rotatable bonds is 3. The van der Waals surface area contributed by atoms with Gasteiger partial charge in [-0.05, 0) is 25.1 Å². The van der Waals surface area contributed by atoms with Crippen molar-refractivity contribution in [1.82, 2.24) is 9.88 Å². The molecule has 2 rings (SSSR count). The third kappa shape index (κ3) is 2.33. The van der Waals surface area contributed by atoms with Crippen LogP contribution in [-0.4, -0.2) is 27.6 Å². The number of urea groups is 1. The number of carbonyl (C=O) groups is 3. The summed E-state index contributed by atoms with van der Waals surface area (Å²) in [6, 6.07) is 4.79. The fourth-order valence-electron chi connectivity index (χ4n) is 2.06. The Morgan fingerprint density at radius 1 is 1.30 bits per heavy atom. The van der Waals surface area contributed by atoms with Crippen LogP contribution >= 0.6 is 0 Å². The molecule has 1 heterocycles. The van der Waals surface area contributed by atoms with E-state index in [0.29, 0.717) is 10.9 Å². The molecule has 7 nitrogen and oxygen atoms in total. The standard InChI is InChI=1S/C13H13N3O4/c1-7(11(17)15-13(14)20)16-6-5-8-9(12(18)19)3-2-4-10(8)16/h2-7H,1H3,(H,18,19)(H3,14,15,17,20). The molecule has 3 amide bonds. The first-order chi connectivity index (χ1) is 9.41. The zero-order valence-corrected chi connectivity index (χ0v) is 10.7. The molecule has 0 bridgehead atoms. The van der Waals surface area contributed by atoms with Crippen LogP contribution in [0.5, 0.6) is 0 Å². The molecular weight excluding hydrogens is 262 g/mol. The molecule has 0 aliphatic carbocycles. The molecule has 104 valence electrons. The number of nitrogens with zero attached hydrogens (tertiary/aromatic N) is 1. The lowest BCUT2D eigenvalue weighted by Crippen LogP contribution is -2.38. The van der Waals surface area contributed by atoms with Gasteiger partial charge < -0.3 is 15.4 Å². The van der Waals surface area contributed by atoms with E-state index >= 15 is 0 Å². The van der Waals surface area contributed by atoms with Gasteiger partial charge in [-0.25, -0.2) is 9.59 Å². The number of fused-ring (bicyclic) bond motifs is 1. The third-order valence-electron chi connectivity index (χ3n) is 3.04. The quantitative estimate of drug-likeness (QED) is 0.777. The number of carboxylic acid groups (broad SMARTS) is 1. The summed E-state index contributed by atoms with van der Waals surface area (Å²) in [6.45, 7) is 1.59. The van der Waals surface area contributed by atoms with E-state index in [4.69, 9.17) is 10.8 Å². The molecule has 0 aliphatic heterocycles. The van der Waals surface area contributed by atoms with Crippen molar-refractivity contribution in [3.8, 4) is 0 Å². The number of carboxylic acids is 1. The van der Waals surface area contributed by atoms with Crippen LogP contribution in [0, 0.1) is 0 Å². The second-order valence-corrected chi connectivity index (χ2v) is 4.30. The number of hydrogen-bond donors (Lipinski definition) is 3. The molecule has 0 radical (unpaired) electrons. The Hall–Kier alpha value is -2.83. The van der Waals surface area contributed by atoms with Crippen LogP contribution in [0.2, 0.25) is 0 Å². The lowest BCUT2D eigenvalue weighted by Gasteiger charge is -2.14. The molecule has 4 N–H and O–H groups in total. The summed E-state index contributed by atoms with van der Waals surface area (Å²) in [5.74, 6) is -1.60. The Bertz CT molecular complexity index is 705. The average molecular weight is 275 g/mol. The molecule has 0 spiro atoms. The summed E-state index contributed by atoms with van der Waals surface area (Å²) in [5, 5.41) is 11.6. The normalized spacial score (nSPS) is 12.1. The number of primary amides is 1. The number of imide groups is 1. The van der Waals surface area contributed by atoms with Crippen LogP contribution < -0.4 is 11.1 Å². The first-order valence-corrected chi connectivity index (χ1v) is 5.85. The molecule has 0 saturated carbocycles. The van der Waals surface area contributed by atoms with E-state index in [9.17, 15) is 14.4 Å². The number of aromatic nitrogens is 1. The molecule has 1 unspecified atom stereocenters. The van der Waals surface area contributed by atoms with Gasteiger partial charge in [0.2, 0.25) is 0 Å². The van der Waals surface area contributed by atoms with Crippen LogP contribution in [0.4, 0.5) is 4.79 Å². The number of hydrogen-bond acceptors (Lipinski definition) is 3. The van der Waals surface area contributed by atoms with Crippen LogP contribution in [-0.2, 0) is 4.79 Å². The maximum Gasteiger partial charge on any atom is 0.336 e. The van der Waals surface area contributed by atoms with Gasteiger partial charge in [-0.2, -0.15) is 0 Å². The molecule has 0 saturated heterocycles. The maximum atomic E-state index is 11.8. The van der Waals surface area contributed by atoms with Crippen molar-refractivity contribution in [2.75, 3.05) is 0 Å². The minimum absolute atomic E-state index is 0.156. The van der Waals surface area contributed by atoms with Crippen LogP contribution in [0.1, 0.15) is 23.3 Å². The molecular formula is C13H13N3O4. The fourth-order valence-corrected chi connectivity index (χ4v) is 2.06. The van der Waals surface area contributed by atoms with Crippen LogP contribution in [0.25, 0.3) is 10.9 Å². The van der Waals surface area contributed by atoms with Crippen molar-refractivity contribution in [3.05, 3.63) is 36.0 Å². The summed E-state index contributed by atoms with van der Waals surface area (Å²) >= 11 is 0. The number of aromatic carboxylic acids is 1. The van der Waals surface area contributed by atoms with Crippen molar-refractivity contribution < 1.29 is 19.5 Å². The Morgan fingerprint density at radius 2 is 2.00 bits per heavy atom. The van der Waals surface area contributed by atoms with Gasteiger partial charge in [0.05, 0.1) is 5.56 Å². The fraction of sp³-hybridized carbons (Fsp3) is 0.154. The summed E-state index contributed by atoms with van der Waals surface area (Å²) < 4.78 is 1.58. The van der Waals surface area contributed by atoms with Gasteiger partial charge in [0.25, 0.3) is 5.91 Å². The van der Waals surface area contributed by atoms with E-state index in [0.717, 1.165) is 0 Å². The first kappa shape index (κ1) is 13.6. The smallest absolute Gasteiger partial charge is 0.336 e. The summed E-state index contributed by atoms with van der Waals surface area (Å²) in [5.41, 5.74) is 5.65. The first-order valence-electron chi connectivity index (χ1n) is 5.85. The van der Waals surface area contributed by atoms with Gasteiger partial charge >= 0.3 is 12.0 Å². The van der Waals surface area contributed by atoms with Gasteiger partial charge in [0.1, 0.15) is 6.04 Å². The molecule has 7 heteroatoms. The highest BCUT2D eigenvalue weighted by molar-refractivity contribution is 6.03. The zero-order chi connectivity index (χ0) is 14.9. The maximum absolute atomic E-state index is 11.8. The Kier molecular flexibility index (Phi) is 3.43. The van der Waals surface area contributed by atoms with E-state index in [-0.39, 0.29) is 5.56 Å². The Balaban J connectivity index is 2.46. The van der Waals surface area contributed by atoms with Gasteiger partial charge in [-0.1, -0.05) is 6.07 Å². The minimum atomic E-state index is -1.04. The van der Waals surface area contributed by atoms with E-state index in [1.807, 2.05) is 5.32 Å². The summed E-state index contributed by atoms with van der Waals surface area (Å²) in [4.78, 5) is 33.6. The predicted octanol–water partition coefficient (Wildman–Crippen LogP) is 1.10. The molecule has 0 aliphatic rings.